The van der Waals surface area contributed by atoms with E-state index in [1.165, 1.54) is 12.3 Å². The van der Waals surface area contributed by atoms with Gasteiger partial charge in [0.2, 0.25) is 0 Å². The number of alkyl halides is 3. The lowest BCUT2D eigenvalue weighted by Gasteiger charge is -2.15. The van der Waals surface area contributed by atoms with Crippen LogP contribution in [0.3, 0.4) is 0 Å². The minimum atomic E-state index is -4.45. The lowest BCUT2D eigenvalue weighted by Crippen LogP contribution is -2.40. The summed E-state index contributed by atoms with van der Waals surface area (Å²) in [6.07, 6.45) is -0.698. The van der Waals surface area contributed by atoms with Crippen LogP contribution in [0.5, 0.6) is 0 Å². The first-order valence-corrected chi connectivity index (χ1v) is 8.59. The first-order valence-electron chi connectivity index (χ1n) is 8.21. The van der Waals surface area contributed by atoms with Crippen molar-refractivity contribution in [2.24, 2.45) is 4.99 Å². The van der Waals surface area contributed by atoms with Gasteiger partial charge >= 0.3 is 6.18 Å². The molecule has 2 aromatic heterocycles. The quantitative estimate of drug-likeness (QED) is 0.168. The predicted molar refractivity (Wildman–Crippen MR) is 115 cm³/mol. The Labute approximate surface area is 183 Å². The summed E-state index contributed by atoms with van der Waals surface area (Å²) in [5, 5.41) is 9.28. The number of hydrogen-bond acceptors (Lipinski definition) is 4. The average molecular weight is 529 g/mol. The first-order chi connectivity index (χ1) is 12.9. The molecule has 0 radical (unpaired) electrons. The van der Waals surface area contributed by atoms with Crippen LogP contribution in [0.2, 0.25) is 5.15 Å². The molecule has 11 heteroatoms. The highest BCUT2D eigenvalue weighted by Crippen LogP contribution is 2.33. The third-order valence-electron chi connectivity index (χ3n) is 3.54. The number of pyridine rings is 2. The summed E-state index contributed by atoms with van der Waals surface area (Å²) in [4.78, 5) is 11.8. The topological polar surface area (TPSA) is 74.2 Å². The molecule has 0 atom stereocenters. The van der Waals surface area contributed by atoms with Crippen molar-refractivity contribution < 1.29 is 13.2 Å². The summed E-state index contributed by atoms with van der Waals surface area (Å²) >= 11 is 5.74. The van der Waals surface area contributed by atoms with Gasteiger partial charge in [0.05, 0.1) is 5.56 Å². The van der Waals surface area contributed by atoms with Crippen LogP contribution in [-0.2, 0) is 12.6 Å². The molecule has 6 nitrogen and oxygen atoms in total. The summed E-state index contributed by atoms with van der Waals surface area (Å²) in [5.41, 5.74) is 0.239. The van der Waals surface area contributed by atoms with Crippen molar-refractivity contribution in [2.45, 2.75) is 12.6 Å². The van der Waals surface area contributed by atoms with E-state index in [-0.39, 0.29) is 36.3 Å². The van der Waals surface area contributed by atoms with Crippen LogP contribution >= 0.6 is 35.6 Å². The van der Waals surface area contributed by atoms with Crippen molar-refractivity contribution >= 4 is 47.4 Å². The van der Waals surface area contributed by atoms with Crippen molar-refractivity contribution in [2.75, 3.05) is 32.0 Å². The molecule has 3 N–H and O–H groups in total. The Balaban J connectivity index is 0.00000392. The van der Waals surface area contributed by atoms with Crippen LogP contribution in [0.15, 0.2) is 41.7 Å². The van der Waals surface area contributed by atoms with E-state index in [4.69, 9.17) is 11.6 Å². The van der Waals surface area contributed by atoms with Gasteiger partial charge in [-0.05, 0) is 30.2 Å². The van der Waals surface area contributed by atoms with E-state index in [2.05, 4.69) is 30.9 Å². The molecule has 154 valence electrons. The number of guanidine groups is 1. The molecule has 0 fully saturated rings. The number of anilines is 1. The fourth-order valence-corrected chi connectivity index (χ4v) is 2.35. The molecule has 0 aliphatic rings. The Kier molecular flexibility index (Phi) is 10.3. The van der Waals surface area contributed by atoms with Crippen molar-refractivity contribution in [1.29, 1.82) is 0 Å². The molecule has 0 aliphatic carbocycles. The molecular formula is C17H21ClF3IN6. The molecule has 0 saturated carbocycles. The van der Waals surface area contributed by atoms with Crippen LogP contribution in [-0.4, -0.2) is 42.6 Å². The van der Waals surface area contributed by atoms with E-state index in [0.717, 1.165) is 18.1 Å². The minimum Gasteiger partial charge on any atom is -0.368 e. The monoisotopic (exact) mass is 528 g/mol. The maximum Gasteiger partial charge on any atom is 0.419 e. The van der Waals surface area contributed by atoms with Crippen molar-refractivity contribution in [3.8, 4) is 0 Å². The summed E-state index contributed by atoms with van der Waals surface area (Å²) in [6, 6.07) is 5.87. The third-order valence-corrected chi connectivity index (χ3v) is 3.76. The van der Waals surface area contributed by atoms with Crippen LogP contribution in [0, 0.1) is 0 Å². The zero-order chi connectivity index (χ0) is 19.7. The summed E-state index contributed by atoms with van der Waals surface area (Å²) in [5.74, 6) is 0.362. The fraction of sp³-hybridized carbons (Fsp3) is 0.353. The molecule has 2 aromatic rings. The van der Waals surface area contributed by atoms with Crippen LogP contribution in [0.1, 0.15) is 11.1 Å². The molecule has 0 aliphatic heterocycles. The molecule has 2 rings (SSSR count). The number of nitrogens with zero attached hydrogens (tertiary/aromatic N) is 3. The molecule has 0 saturated heterocycles. The zero-order valence-electron chi connectivity index (χ0n) is 15.1. The van der Waals surface area contributed by atoms with Crippen LogP contribution in [0.4, 0.5) is 19.0 Å². The Morgan fingerprint density at radius 2 is 1.86 bits per heavy atom. The Bertz CT molecular complexity index is 755. The second kappa shape index (κ2) is 11.9. The molecular weight excluding hydrogens is 508 g/mol. The van der Waals surface area contributed by atoms with Crippen LogP contribution < -0.4 is 16.0 Å². The minimum absolute atomic E-state index is 0. The Morgan fingerprint density at radius 3 is 2.50 bits per heavy atom. The number of aliphatic imine (C=N–C) groups is 1. The highest BCUT2D eigenvalue weighted by atomic mass is 127. The third kappa shape index (κ3) is 8.05. The van der Waals surface area contributed by atoms with Gasteiger partial charge in [-0.2, -0.15) is 13.2 Å². The Hall–Kier alpha value is -1.82. The van der Waals surface area contributed by atoms with Crippen LogP contribution in [0.25, 0.3) is 0 Å². The first kappa shape index (κ1) is 24.2. The van der Waals surface area contributed by atoms with E-state index in [1.807, 2.05) is 6.07 Å². The number of aromatic nitrogens is 2. The van der Waals surface area contributed by atoms with E-state index in [1.54, 1.807) is 19.3 Å². The van der Waals surface area contributed by atoms with Gasteiger partial charge in [0.15, 0.2) is 5.96 Å². The van der Waals surface area contributed by atoms with Gasteiger partial charge in [-0.25, -0.2) is 9.97 Å². The number of nitrogens with one attached hydrogen (secondary N) is 3. The molecule has 28 heavy (non-hydrogen) atoms. The molecule has 0 aromatic carbocycles. The highest BCUT2D eigenvalue weighted by molar-refractivity contribution is 14.0. The van der Waals surface area contributed by atoms with E-state index < -0.39 is 11.7 Å². The largest absolute Gasteiger partial charge is 0.419 e. The van der Waals surface area contributed by atoms with Crippen molar-refractivity contribution in [1.82, 2.24) is 20.6 Å². The molecule has 0 spiro atoms. The number of halogens is 5. The van der Waals surface area contributed by atoms with E-state index in [9.17, 15) is 13.2 Å². The molecule has 0 bridgehead atoms. The number of rotatable bonds is 7. The maximum absolute atomic E-state index is 12.9. The second-order valence-corrected chi connectivity index (χ2v) is 5.88. The average Bonchev–Trinajstić information content (AvgIpc) is 2.64. The summed E-state index contributed by atoms with van der Waals surface area (Å²) in [7, 11) is 1.62. The van der Waals surface area contributed by atoms with E-state index >= 15 is 0 Å². The Morgan fingerprint density at radius 1 is 1.11 bits per heavy atom. The smallest absolute Gasteiger partial charge is 0.368 e. The lowest BCUT2D eigenvalue weighted by molar-refractivity contribution is -0.137. The fourth-order valence-electron chi connectivity index (χ4n) is 2.24. The van der Waals surface area contributed by atoms with Gasteiger partial charge in [0.1, 0.15) is 11.0 Å². The van der Waals surface area contributed by atoms with Gasteiger partial charge in [0, 0.05) is 39.1 Å². The second-order valence-electron chi connectivity index (χ2n) is 5.49. The lowest BCUT2D eigenvalue weighted by atomic mass is 10.2. The van der Waals surface area contributed by atoms with Gasteiger partial charge in [-0.15, -0.1) is 24.0 Å². The van der Waals surface area contributed by atoms with Gasteiger partial charge in [-0.3, -0.25) is 4.99 Å². The maximum atomic E-state index is 12.9. The van der Waals surface area contributed by atoms with E-state index in [0.29, 0.717) is 24.2 Å². The normalized spacial score (nSPS) is 11.5. The zero-order valence-corrected chi connectivity index (χ0v) is 18.1. The summed E-state index contributed by atoms with van der Waals surface area (Å²) < 4.78 is 38.7. The summed E-state index contributed by atoms with van der Waals surface area (Å²) in [6.45, 7) is 1.24. The van der Waals surface area contributed by atoms with Crippen molar-refractivity contribution in [3.05, 3.63) is 52.9 Å². The van der Waals surface area contributed by atoms with Gasteiger partial charge in [0.25, 0.3) is 0 Å². The van der Waals surface area contributed by atoms with Gasteiger partial charge < -0.3 is 16.0 Å². The predicted octanol–water partition coefficient (Wildman–Crippen LogP) is 3.59. The van der Waals surface area contributed by atoms with Crippen molar-refractivity contribution in [3.63, 3.8) is 0 Å². The molecule has 0 amide bonds. The molecule has 2 heterocycles. The SMILES string of the molecule is CN=C(NCCNc1ncccc1C(F)(F)F)NCCc1ccc(Cl)nc1.I. The highest BCUT2D eigenvalue weighted by Gasteiger charge is 2.33. The van der Waals surface area contributed by atoms with Gasteiger partial charge in [-0.1, -0.05) is 17.7 Å². The molecule has 0 unspecified atom stereocenters. The standard InChI is InChI=1S/C17H20ClF3N6.HI/c1-22-16(25-8-6-12-4-5-14(18)27-11-12)26-10-9-24-15-13(17(19,20)21)3-2-7-23-15;/h2-5,7,11H,6,8-10H2,1H3,(H,23,24)(H2,22,25,26);1H. The number of hydrogen-bond donors (Lipinski definition) is 3.